The molecule has 0 saturated carbocycles. The lowest BCUT2D eigenvalue weighted by Crippen LogP contribution is -2.26. The molecule has 0 aliphatic carbocycles. The van der Waals surface area contributed by atoms with Crippen molar-refractivity contribution in [1.29, 1.82) is 0 Å². The average molecular weight is 453 g/mol. The van der Waals surface area contributed by atoms with Crippen LogP contribution in [-0.2, 0) is 0 Å². The number of methoxy groups -OCH3 is 1. The van der Waals surface area contributed by atoms with E-state index in [0.717, 1.165) is 33.5 Å². The molecule has 34 heavy (non-hydrogen) atoms. The Morgan fingerprint density at radius 2 is 1.97 bits per heavy atom. The molecule has 0 saturated heterocycles. The number of pyridine rings is 2. The van der Waals surface area contributed by atoms with Gasteiger partial charge >= 0.3 is 0 Å². The number of aliphatic hydroxyl groups excluding tert-OH is 1. The highest BCUT2D eigenvalue weighted by Gasteiger charge is 2.27. The molecule has 5 rings (SSSR count). The molecule has 4 heterocycles. The number of rotatable bonds is 8. The summed E-state index contributed by atoms with van der Waals surface area (Å²) in [6.07, 6.45) is 9.19. The van der Waals surface area contributed by atoms with Crippen LogP contribution in [-0.4, -0.2) is 43.7 Å². The molecular formula is C26H24N6O2. The third-order valence-electron chi connectivity index (χ3n) is 5.75. The first-order valence-corrected chi connectivity index (χ1v) is 11.0. The summed E-state index contributed by atoms with van der Waals surface area (Å²) < 4.78 is 5.47. The first kappa shape index (κ1) is 21.5. The number of aromatic nitrogens is 5. The Morgan fingerprint density at radius 3 is 2.74 bits per heavy atom. The number of aliphatic hydroxyl groups is 1. The standard InChI is InChI=1S/C26H24N6O2/c1-34-19-7-8-23-20(14-19)21(16-29-23)24(10-13-33)32(25-9-12-28-17-30-25)26-6-2-5-22(31-26)18-4-3-11-27-15-18/h2-9,11-12,14-17,24,29,33H,10,13H2,1H3. The molecule has 0 amide bonds. The van der Waals surface area contributed by atoms with Crippen molar-refractivity contribution in [2.45, 2.75) is 12.5 Å². The Bertz CT molecular complexity index is 1370. The number of anilines is 2. The number of aromatic amines is 1. The van der Waals surface area contributed by atoms with Crippen LogP contribution in [0.4, 0.5) is 11.6 Å². The van der Waals surface area contributed by atoms with Crippen molar-refractivity contribution in [3.05, 3.63) is 91.3 Å². The zero-order chi connectivity index (χ0) is 23.3. The van der Waals surface area contributed by atoms with Crippen LogP contribution >= 0.6 is 0 Å². The number of ether oxygens (including phenoxy) is 1. The molecule has 8 nitrogen and oxygen atoms in total. The van der Waals surface area contributed by atoms with Crippen molar-refractivity contribution < 1.29 is 9.84 Å². The highest BCUT2D eigenvalue weighted by molar-refractivity contribution is 5.86. The van der Waals surface area contributed by atoms with Gasteiger partial charge in [-0.1, -0.05) is 6.07 Å². The molecule has 0 aliphatic rings. The molecule has 0 spiro atoms. The van der Waals surface area contributed by atoms with Gasteiger partial charge in [-0.2, -0.15) is 0 Å². The maximum absolute atomic E-state index is 10.1. The lowest BCUT2D eigenvalue weighted by Gasteiger charge is -2.32. The first-order valence-electron chi connectivity index (χ1n) is 11.0. The average Bonchev–Trinajstić information content (AvgIpc) is 3.33. The van der Waals surface area contributed by atoms with Crippen molar-refractivity contribution >= 4 is 22.5 Å². The Labute approximate surface area is 196 Å². The Balaban J connectivity index is 1.68. The van der Waals surface area contributed by atoms with Crippen molar-refractivity contribution in [1.82, 2.24) is 24.9 Å². The monoisotopic (exact) mass is 452 g/mol. The Morgan fingerprint density at radius 1 is 1.03 bits per heavy atom. The summed E-state index contributed by atoms with van der Waals surface area (Å²) in [4.78, 5) is 23.2. The quantitative estimate of drug-likeness (QED) is 0.352. The Hall–Kier alpha value is -4.30. The van der Waals surface area contributed by atoms with Crippen LogP contribution in [0.1, 0.15) is 18.0 Å². The second-order valence-electron chi connectivity index (χ2n) is 7.74. The number of H-pyrrole nitrogens is 1. The van der Waals surface area contributed by atoms with Gasteiger partial charge in [-0.05, 0) is 55.0 Å². The van der Waals surface area contributed by atoms with Crippen LogP contribution in [0.3, 0.4) is 0 Å². The van der Waals surface area contributed by atoms with Gasteiger partial charge in [0.25, 0.3) is 0 Å². The summed E-state index contributed by atoms with van der Waals surface area (Å²) in [5.74, 6) is 2.15. The summed E-state index contributed by atoms with van der Waals surface area (Å²) in [5.41, 5.74) is 3.71. The van der Waals surface area contributed by atoms with Crippen LogP contribution < -0.4 is 9.64 Å². The van der Waals surface area contributed by atoms with Crippen molar-refractivity contribution in [3.63, 3.8) is 0 Å². The molecule has 0 bridgehead atoms. The molecule has 1 aromatic carbocycles. The molecular weight excluding hydrogens is 428 g/mol. The smallest absolute Gasteiger partial charge is 0.138 e. The second-order valence-corrected chi connectivity index (χ2v) is 7.74. The molecule has 2 N–H and O–H groups in total. The summed E-state index contributed by atoms with van der Waals surface area (Å²) in [7, 11) is 1.65. The predicted molar refractivity (Wildman–Crippen MR) is 131 cm³/mol. The summed E-state index contributed by atoms with van der Waals surface area (Å²) in [5, 5.41) is 11.1. The van der Waals surface area contributed by atoms with E-state index in [-0.39, 0.29) is 12.6 Å². The number of nitrogens with zero attached hydrogens (tertiary/aromatic N) is 5. The fourth-order valence-corrected chi connectivity index (χ4v) is 4.17. The minimum atomic E-state index is -0.252. The molecule has 5 aromatic rings. The van der Waals surface area contributed by atoms with Gasteiger partial charge in [0.05, 0.1) is 18.8 Å². The van der Waals surface area contributed by atoms with Crippen LogP contribution in [0.5, 0.6) is 5.75 Å². The second kappa shape index (κ2) is 9.68. The van der Waals surface area contributed by atoms with Crippen LogP contribution in [0.2, 0.25) is 0 Å². The number of benzene rings is 1. The zero-order valence-corrected chi connectivity index (χ0v) is 18.7. The summed E-state index contributed by atoms with van der Waals surface area (Å²) in [6, 6.07) is 17.2. The molecule has 8 heteroatoms. The number of hydrogen-bond donors (Lipinski definition) is 2. The van der Waals surface area contributed by atoms with Crippen molar-refractivity contribution in [2.75, 3.05) is 18.6 Å². The fourth-order valence-electron chi connectivity index (χ4n) is 4.17. The molecule has 0 fully saturated rings. The maximum Gasteiger partial charge on any atom is 0.138 e. The largest absolute Gasteiger partial charge is 0.497 e. The van der Waals surface area contributed by atoms with Crippen LogP contribution in [0.25, 0.3) is 22.2 Å². The normalized spacial score (nSPS) is 11.9. The first-order chi connectivity index (χ1) is 16.8. The SMILES string of the molecule is COc1ccc2[nH]cc(C(CCO)N(c3ccncn3)c3cccc(-c4cccnc4)n3)c2c1. The van der Waals surface area contributed by atoms with E-state index in [9.17, 15) is 5.11 Å². The zero-order valence-electron chi connectivity index (χ0n) is 18.7. The summed E-state index contributed by atoms with van der Waals surface area (Å²) >= 11 is 0. The van der Waals surface area contributed by atoms with Crippen LogP contribution in [0, 0.1) is 0 Å². The third-order valence-corrected chi connectivity index (χ3v) is 5.75. The van der Waals surface area contributed by atoms with E-state index in [1.54, 1.807) is 25.7 Å². The van der Waals surface area contributed by atoms with E-state index in [1.165, 1.54) is 6.33 Å². The van der Waals surface area contributed by atoms with E-state index in [4.69, 9.17) is 9.72 Å². The van der Waals surface area contributed by atoms with Gasteiger partial charge in [0.1, 0.15) is 23.7 Å². The van der Waals surface area contributed by atoms with Crippen LogP contribution in [0.15, 0.2) is 85.7 Å². The van der Waals surface area contributed by atoms with E-state index in [0.29, 0.717) is 18.1 Å². The van der Waals surface area contributed by atoms with E-state index in [2.05, 4.69) is 19.9 Å². The molecule has 170 valence electrons. The Kier molecular flexibility index (Phi) is 6.13. The predicted octanol–water partition coefficient (Wildman–Crippen LogP) is 4.69. The maximum atomic E-state index is 10.1. The number of hydrogen-bond acceptors (Lipinski definition) is 7. The molecule has 1 unspecified atom stereocenters. The van der Waals surface area contributed by atoms with E-state index in [1.807, 2.05) is 65.7 Å². The van der Waals surface area contributed by atoms with Gasteiger partial charge in [0.15, 0.2) is 0 Å². The van der Waals surface area contributed by atoms with Crippen molar-refractivity contribution in [2.24, 2.45) is 0 Å². The highest BCUT2D eigenvalue weighted by atomic mass is 16.5. The molecule has 4 aromatic heterocycles. The van der Waals surface area contributed by atoms with Gasteiger partial charge in [-0.15, -0.1) is 0 Å². The minimum Gasteiger partial charge on any atom is -0.497 e. The highest BCUT2D eigenvalue weighted by Crippen LogP contribution is 2.39. The van der Waals surface area contributed by atoms with Gasteiger partial charge in [-0.25, -0.2) is 15.0 Å². The molecule has 1 atom stereocenters. The lowest BCUT2D eigenvalue weighted by atomic mass is 10.0. The van der Waals surface area contributed by atoms with Gasteiger partial charge < -0.3 is 19.7 Å². The van der Waals surface area contributed by atoms with E-state index < -0.39 is 0 Å². The van der Waals surface area contributed by atoms with Gasteiger partial charge in [-0.3, -0.25) is 4.98 Å². The number of fused-ring (bicyclic) bond motifs is 1. The minimum absolute atomic E-state index is 0.00874. The fraction of sp³-hybridized carbons (Fsp3) is 0.154. The lowest BCUT2D eigenvalue weighted by molar-refractivity contribution is 0.276. The summed E-state index contributed by atoms with van der Waals surface area (Å²) in [6.45, 7) is -0.00874. The third kappa shape index (κ3) is 4.18. The van der Waals surface area contributed by atoms with Gasteiger partial charge in [0.2, 0.25) is 0 Å². The topological polar surface area (TPSA) is 100 Å². The molecule has 0 radical (unpaired) electrons. The van der Waals surface area contributed by atoms with Crippen molar-refractivity contribution in [3.8, 4) is 17.0 Å². The van der Waals surface area contributed by atoms with Gasteiger partial charge in [0, 0.05) is 53.4 Å². The molecule has 0 aliphatic heterocycles. The number of nitrogens with one attached hydrogen (secondary N) is 1. The van der Waals surface area contributed by atoms with E-state index >= 15 is 0 Å².